The van der Waals surface area contributed by atoms with Crippen molar-refractivity contribution in [2.45, 2.75) is 39.0 Å². The van der Waals surface area contributed by atoms with Crippen LogP contribution in [0, 0.1) is 6.92 Å². The highest BCUT2D eigenvalue weighted by molar-refractivity contribution is 6.08. The molecular formula is C51H43N. The van der Waals surface area contributed by atoms with E-state index in [1.165, 1.54) is 66.4 Å². The second-order valence-corrected chi connectivity index (χ2v) is 14.0. The fourth-order valence-corrected chi connectivity index (χ4v) is 8.00. The van der Waals surface area contributed by atoms with Crippen molar-refractivity contribution in [3.63, 3.8) is 0 Å². The van der Waals surface area contributed by atoms with E-state index in [1.807, 2.05) is 12.2 Å². The predicted molar refractivity (Wildman–Crippen MR) is 225 cm³/mol. The Hall–Kier alpha value is -6.05. The third kappa shape index (κ3) is 6.24. The van der Waals surface area contributed by atoms with Crippen LogP contribution >= 0.6 is 0 Å². The van der Waals surface area contributed by atoms with Crippen molar-refractivity contribution in [1.29, 1.82) is 0 Å². The van der Waals surface area contributed by atoms with Gasteiger partial charge in [-0.25, -0.2) is 4.98 Å². The van der Waals surface area contributed by atoms with Gasteiger partial charge in [-0.15, -0.1) is 0 Å². The van der Waals surface area contributed by atoms with E-state index in [9.17, 15) is 0 Å². The number of aromatic nitrogens is 1. The number of aryl methyl sites for hydroxylation is 1. The van der Waals surface area contributed by atoms with Gasteiger partial charge in [-0.05, 0) is 118 Å². The zero-order valence-corrected chi connectivity index (χ0v) is 30.1. The van der Waals surface area contributed by atoms with Gasteiger partial charge in [0.15, 0.2) is 0 Å². The number of benzene rings is 5. The number of fused-ring (bicyclic) bond motifs is 2. The van der Waals surface area contributed by atoms with Gasteiger partial charge in [0.05, 0.1) is 11.4 Å². The minimum atomic E-state index is 0.361. The van der Waals surface area contributed by atoms with Gasteiger partial charge in [0.2, 0.25) is 0 Å². The topological polar surface area (TPSA) is 12.9 Å². The van der Waals surface area contributed by atoms with Gasteiger partial charge in [0.25, 0.3) is 0 Å². The van der Waals surface area contributed by atoms with Crippen LogP contribution in [0.25, 0.3) is 67.7 Å². The summed E-state index contributed by atoms with van der Waals surface area (Å²) in [6.45, 7) is 12.4. The lowest BCUT2D eigenvalue weighted by Gasteiger charge is -2.25. The molecule has 6 aromatic rings. The Morgan fingerprint density at radius 1 is 0.788 bits per heavy atom. The summed E-state index contributed by atoms with van der Waals surface area (Å²) >= 11 is 0. The van der Waals surface area contributed by atoms with E-state index in [-0.39, 0.29) is 0 Å². The van der Waals surface area contributed by atoms with Crippen molar-refractivity contribution in [2.24, 2.45) is 0 Å². The highest BCUT2D eigenvalue weighted by Crippen LogP contribution is 2.44. The van der Waals surface area contributed by atoms with Crippen LogP contribution in [0.3, 0.4) is 0 Å². The molecular weight excluding hydrogens is 627 g/mol. The van der Waals surface area contributed by atoms with Crippen LogP contribution in [0.4, 0.5) is 0 Å². The number of hydrogen-bond acceptors (Lipinski definition) is 1. The minimum Gasteiger partial charge on any atom is -0.248 e. The average Bonchev–Trinajstić information content (AvgIpc) is 3.19. The maximum atomic E-state index is 5.40. The Morgan fingerprint density at radius 3 is 2.33 bits per heavy atom. The van der Waals surface area contributed by atoms with Crippen molar-refractivity contribution in [1.82, 2.24) is 4.98 Å². The van der Waals surface area contributed by atoms with E-state index in [1.54, 1.807) is 0 Å². The fourth-order valence-electron chi connectivity index (χ4n) is 8.00. The minimum absolute atomic E-state index is 0.361. The molecule has 0 saturated carbocycles. The molecule has 1 heteroatoms. The summed E-state index contributed by atoms with van der Waals surface area (Å²) in [5.41, 5.74) is 18.2. The van der Waals surface area contributed by atoms with E-state index in [0.717, 1.165) is 47.4 Å². The van der Waals surface area contributed by atoms with Crippen LogP contribution < -0.4 is 0 Å². The van der Waals surface area contributed by atoms with Gasteiger partial charge < -0.3 is 0 Å². The molecule has 8 rings (SSSR count). The monoisotopic (exact) mass is 669 g/mol. The van der Waals surface area contributed by atoms with Crippen LogP contribution in [-0.2, 0) is 6.42 Å². The highest BCUT2D eigenvalue weighted by atomic mass is 14.7. The number of rotatable bonds is 8. The lowest BCUT2D eigenvalue weighted by Crippen LogP contribution is -2.06. The Labute approximate surface area is 308 Å². The smallest absolute Gasteiger partial charge is 0.0721 e. The molecule has 1 atom stereocenters. The van der Waals surface area contributed by atoms with Crippen LogP contribution in [-0.4, -0.2) is 4.98 Å². The van der Waals surface area contributed by atoms with Crippen LogP contribution in [0.15, 0.2) is 159 Å². The number of pyridine rings is 1. The lowest BCUT2D eigenvalue weighted by atomic mass is 9.79. The van der Waals surface area contributed by atoms with E-state index in [2.05, 4.69) is 173 Å². The molecule has 0 radical (unpaired) electrons. The maximum Gasteiger partial charge on any atom is 0.0721 e. The Kier molecular flexibility index (Phi) is 9.10. The first-order valence-electron chi connectivity index (χ1n) is 18.4. The third-order valence-electron chi connectivity index (χ3n) is 10.6. The van der Waals surface area contributed by atoms with E-state index >= 15 is 0 Å². The summed E-state index contributed by atoms with van der Waals surface area (Å²) in [4.78, 5) is 5.40. The largest absolute Gasteiger partial charge is 0.248 e. The molecule has 1 nitrogen and oxygen atoms in total. The molecule has 1 unspecified atom stereocenters. The average molecular weight is 670 g/mol. The normalized spacial score (nSPS) is 15.1. The molecule has 0 aliphatic heterocycles. The molecule has 0 fully saturated rings. The van der Waals surface area contributed by atoms with E-state index < -0.39 is 0 Å². The molecule has 0 bridgehead atoms. The van der Waals surface area contributed by atoms with E-state index in [4.69, 9.17) is 4.98 Å². The molecule has 252 valence electrons. The molecule has 0 N–H and O–H groups in total. The summed E-state index contributed by atoms with van der Waals surface area (Å²) in [6.07, 6.45) is 20.9. The summed E-state index contributed by atoms with van der Waals surface area (Å²) in [5, 5.41) is 2.53. The van der Waals surface area contributed by atoms with Gasteiger partial charge in [0.1, 0.15) is 0 Å². The Balaban J connectivity index is 1.20. The third-order valence-corrected chi connectivity index (χ3v) is 10.6. The molecule has 0 spiro atoms. The first kappa shape index (κ1) is 33.1. The summed E-state index contributed by atoms with van der Waals surface area (Å²) < 4.78 is 0. The zero-order valence-electron chi connectivity index (χ0n) is 30.1. The quantitative estimate of drug-likeness (QED) is 0.147. The van der Waals surface area contributed by atoms with Crippen molar-refractivity contribution < 1.29 is 0 Å². The predicted octanol–water partition coefficient (Wildman–Crippen LogP) is 13.9. The first-order valence-corrected chi connectivity index (χ1v) is 18.4. The molecule has 0 saturated heterocycles. The number of nitrogens with zero attached hydrogens (tertiary/aromatic N) is 1. The molecule has 1 heterocycles. The van der Waals surface area contributed by atoms with Gasteiger partial charge in [0, 0.05) is 17.0 Å². The number of allylic oxidation sites excluding steroid dienone is 8. The Morgan fingerprint density at radius 2 is 1.58 bits per heavy atom. The zero-order chi connectivity index (χ0) is 35.6. The van der Waals surface area contributed by atoms with Crippen LogP contribution in [0.1, 0.15) is 64.6 Å². The van der Waals surface area contributed by atoms with Crippen molar-refractivity contribution in [3.8, 4) is 33.6 Å². The SMILES string of the molecule is C=C/C=C\c1ccc(C2C=CC(c3c4c(c(-c5cccc(-c6ccc(C(=C)C)c(-c7ccccc7)c6)n5)c5ccccc35)C=CCC4)=CC2)cc1C. The highest BCUT2D eigenvalue weighted by Gasteiger charge is 2.24. The van der Waals surface area contributed by atoms with Crippen molar-refractivity contribution >= 4 is 34.1 Å². The van der Waals surface area contributed by atoms with Crippen molar-refractivity contribution in [2.75, 3.05) is 0 Å². The summed E-state index contributed by atoms with van der Waals surface area (Å²) in [6, 6.07) is 39.5. The first-order chi connectivity index (χ1) is 25.5. The van der Waals surface area contributed by atoms with Gasteiger partial charge >= 0.3 is 0 Å². The molecule has 0 amide bonds. The van der Waals surface area contributed by atoms with Gasteiger partial charge in [-0.3, -0.25) is 0 Å². The van der Waals surface area contributed by atoms with Gasteiger partial charge in [-0.1, -0.05) is 158 Å². The summed E-state index contributed by atoms with van der Waals surface area (Å²) in [7, 11) is 0. The number of hydrogen-bond donors (Lipinski definition) is 0. The molecule has 2 aliphatic carbocycles. The molecule has 52 heavy (non-hydrogen) atoms. The van der Waals surface area contributed by atoms with Crippen molar-refractivity contribution in [3.05, 3.63) is 198 Å². The van der Waals surface area contributed by atoms with Gasteiger partial charge in [-0.2, -0.15) is 0 Å². The maximum absolute atomic E-state index is 5.40. The molecule has 2 aliphatic rings. The standard InChI is InChI=1S/C51H43N/c1-5-6-15-36-24-29-40(32-35(36)4)37-25-27-39(28-26-37)50-43-18-10-12-20-45(43)51(46-21-13-11-19-44(46)50)49-23-14-22-48(52-49)41-30-31-42(34(2)3)47(33-41)38-16-8-7-9-17-38/h5-10,12-18,20-25,27-33,37H,1-2,11,19,26H2,3-4H3/b15-6-. The molecule has 1 aromatic heterocycles. The Bertz CT molecular complexity index is 2480. The second kappa shape index (κ2) is 14.3. The summed E-state index contributed by atoms with van der Waals surface area (Å²) in [5.74, 6) is 0.361. The fraction of sp³-hybridized carbons (Fsp3) is 0.118. The van der Waals surface area contributed by atoms with Crippen LogP contribution in [0.2, 0.25) is 0 Å². The second-order valence-electron chi connectivity index (χ2n) is 14.0. The molecule has 5 aromatic carbocycles. The van der Waals surface area contributed by atoms with E-state index in [0.29, 0.717) is 5.92 Å². The van der Waals surface area contributed by atoms with Crippen LogP contribution in [0.5, 0.6) is 0 Å². The lowest BCUT2D eigenvalue weighted by molar-refractivity contribution is 0.854.